The van der Waals surface area contributed by atoms with Crippen LogP contribution >= 0.6 is 0 Å². The fourth-order valence-electron chi connectivity index (χ4n) is 2.71. The quantitative estimate of drug-likeness (QED) is 0.330. The van der Waals surface area contributed by atoms with E-state index in [0.29, 0.717) is 19.4 Å². The SMILES string of the molecule is CC(C)C(NC(=O)CNC(=O)C(N)C(C)O)C(=O)N1CCCC1C(=O)O. The molecule has 1 rings (SSSR count). The average Bonchev–Trinajstić information content (AvgIpc) is 3.05. The molecule has 4 atom stereocenters. The molecule has 148 valence electrons. The van der Waals surface area contributed by atoms with E-state index in [1.165, 1.54) is 11.8 Å². The maximum atomic E-state index is 12.7. The summed E-state index contributed by atoms with van der Waals surface area (Å²) in [4.78, 5) is 48.9. The molecule has 6 N–H and O–H groups in total. The van der Waals surface area contributed by atoms with Crippen LogP contribution in [0, 0.1) is 5.92 Å². The Bertz CT molecular complexity index is 551. The zero-order valence-corrected chi connectivity index (χ0v) is 15.3. The molecule has 0 aromatic rings. The van der Waals surface area contributed by atoms with Crippen molar-refractivity contribution in [2.24, 2.45) is 11.7 Å². The molecule has 0 spiro atoms. The van der Waals surface area contributed by atoms with Crippen LogP contribution in [0.15, 0.2) is 0 Å². The lowest BCUT2D eigenvalue weighted by molar-refractivity contribution is -0.150. The van der Waals surface area contributed by atoms with E-state index in [1.54, 1.807) is 13.8 Å². The number of aliphatic hydroxyl groups is 1. The van der Waals surface area contributed by atoms with Crippen LogP contribution in [0.2, 0.25) is 0 Å². The molecule has 10 nitrogen and oxygen atoms in total. The van der Waals surface area contributed by atoms with Crippen LogP contribution in [0.4, 0.5) is 0 Å². The minimum Gasteiger partial charge on any atom is -0.480 e. The molecule has 10 heteroatoms. The monoisotopic (exact) mass is 372 g/mol. The summed E-state index contributed by atoms with van der Waals surface area (Å²) in [5.74, 6) is -3.08. The molecule has 0 bridgehead atoms. The van der Waals surface area contributed by atoms with E-state index in [2.05, 4.69) is 10.6 Å². The molecule has 4 unspecified atom stereocenters. The molecule has 0 aromatic carbocycles. The molecular weight excluding hydrogens is 344 g/mol. The smallest absolute Gasteiger partial charge is 0.326 e. The number of hydrogen-bond donors (Lipinski definition) is 5. The molecule has 0 aromatic heterocycles. The summed E-state index contributed by atoms with van der Waals surface area (Å²) < 4.78 is 0. The van der Waals surface area contributed by atoms with Crippen LogP contribution in [0.3, 0.4) is 0 Å². The second-order valence-corrected chi connectivity index (χ2v) is 6.80. The highest BCUT2D eigenvalue weighted by Crippen LogP contribution is 2.20. The molecule has 1 fully saturated rings. The minimum absolute atomic E-state index is 0.267. The fourth-order valence-corrected chi connectivity index (χ4v) is 2.71. The molecule has 1 saturated heterocycles. The van der Waals surface area contributed by atoms with E-state index < -0.39 is 54.5 Å². The van der Waals surface area contributed by atoms with Crippen molar-refractivity contribution < 1.29 is 29.4 Å². The molecule has 3 amide bonds. The first-order chi connectivity index (χ1) is 12.1. The number of aliphatic hydroxyl groups excluding tert-OH is 1. The number of likely N-dealkylation sites (tertiary alicyclic amines) is 1. The Balaban J connectivity index is 2.67. The highest BCUT2D eigenvalue weighted by atomic mass is 16.4. The van der Waals surface area contributed by atoms with Crippen molar-refractivity contribution >= 4 is 23.7 Å². The third-order valence-corrected chi connectivity index (χ3v) is 4.32. The summed E-state index contributed by atoms with van der Waals surface area (Å²) in [6, 6.07) is -2.94. The van der Waals surface area contributed by atoms with Gasteiger partial charge in [-0.25, -0.2) is 4.79 Å². The molecule has 1 aliphatic heterocycles. The molecule has 1 heterocycles. The molecule has 0 radical (unpaired) electrons. The maximum Gasteiger partial charge on any atom is 0.326 e. The van der Waals surface area contributed by atoms with Gasteiger partial charge in [0.15, 0.2) is 0 Å². The van der Waals surface area contributed by atoms with Crippen molar-refractivity contribution in [1.82, 2.24) is 15.5 Å². The summed E-state index contributed by atoms with van der Waals surface area (Å²) >= 11 is 0. The normalized spacial score (nSPS) is 20.4. The molecule has 0 saturated carbocycles. The number of nitrogens with zero attached hydrogens (tertiary/aromatic N) is 1. The Hall–Kier alpha value is -2.20. The number of hydrogen-bond acceptors (Lipinski definition) is 6. The van der Waals surface area contributed by atoms with Crippen molar-refractivity contribution in [2.75, 3.05) is 13.1 Å². The molecular formula is C16H28N4O6. The number of carbonyl (C=O) groups excluding carboxylic acids is 3. The van der Waals surface area contributed by atoms with Gasteiger partial charge in [0.25, 0.3) is 0 Å². The van der Waals surface area contributed by atoms with Crippen LogP contribution in [-0.4, -0.2) is 76.1 Å². The van der Waals surface area contributed by atoms with Gasteiger partial charge in [0, 0.05) is 6.54 Å². The van der Waals surface area contributed by atoms with Crippen molar-refractivity contribution in [3.05, 3.63) is 0 Å². The van der Waals surface area contributed by atoms with Gasteiger partial charge >= 0.3 is 5.97 Å². The predicted molar refractivity (Wildman–Crippen MR) is 91.8 cm³/mol. The largest absolute Gasteiger partial charge is 0.480 e. The van der Waals surface area contributed by atoms with Crippen LogP contribution < -0.4 is 16.4 Å². The minimum atomic E-state index is -1.16. The highest BCUT2D eigenvalue weighted by molar-refractivity contribution is 5.93. The molecule has 26 heavy (non-hydrogen) atoms. The van der Waals surface area contributed by atoms with Gasteiger partial charge in [0.05, 0.1) is 12.6 Å². The van der Waals surface area contributed by atoms with E-state index >= 15 is 0 Å². The fraction of sp³-hybridized carbons (Fsp3) is 0.750. The zero-order valence-electron chi connectivity index (χ0n) is 15.3. The second kappa shape index (κ2) is 9.48. The van der Waals surface area contributed by atoms with Crippen molar-refractivity contribution in [3.8, 4) is 0 Å². The zero-order chi connectivity index (χ0) is 20.0. The van der Waals surface area contributed by atoms with Gasteiger partial charge in [-0.3, -0.25) is 14.4 Å². The number of nitrogens with one attached hydrogen (secondary N) is 2. The Morgan fingerprint density at radius 2 is 1.85 bits per heavy atom. The van der Waals surface area contributed by atoms with Crippen LogP contribution in [0.1, 0.15) is 33.6 Å². The standard InChI is InChI=1S/C16H28N4O6/c1-8(2)13(15(24)20-6-4-5-10(20)16(25)26)19-11(22)7-18-14(23)12(17)9(3)21/h8-10,12-13,21H,4-7,17H2,1-3H3,(H,18,23)(H,19,22)(H,25,26). The van der Waals surface area contributed by atoms with Crippen molar-refractivity contribution in [3.63, 3.8) is 0 Å². The summed E-state index contributed by atoms with van der Waals surface area (Å²) in [5.41, 5.74) is 5.46. The first-order valence-corrected chi connectivity index (χ1v) is 8.60. The Morgan fingerprint density at radius 3 is 2.35 bits per heavy atom. The van der Waals surface area contributed by atoms with Gasteiger partial charge in [0.1, 0.15) is 18.1 Å². The number of aliphatic carboxylic acids is 1. The van der Waals surface area contributed by atoms with E-state index in [4.69, 9.17) is 5.73 Å². The van der Waals surface area contributed by atoms with E-state index in [-0.39, 0.29) is 5.92 Å². The summed E-state index contributed by atoms with van der Waals surface area (Å²) in [6.07, 6.45) is -0.0896. The lowest BCUT2D eigenvalue weighted by atomic mass is 10.0. The second-order valence-electron chi connectivity index (χ2n) is 6.80. The van der Waals surface area contributed by atoms with Gasteiger partial charge in [0.2, 0.25) is 17.7 Å². The van der Waals surface area contributed by atoms with E-state index in [0.717, 1.165) is 0 Å². The van der Waals surface area contributed by atoms with E-state index in [1.807, 2.05) is 0 Å². The number of carboxylic acids is 1. The molecule has 0 aliphatic carbocycles. The van der Waals surface area contributed by atoms with Gasteiger partial charge in [-0.2, -0.15) is 0 Å². The van der Waals surface area contributed by atoms with Crippen molar-refractivity contribution in [1.29, 1.82) is 0 Å². The van der Waals surface area contributed by atoms with Crippen molar-refractivity contribution in [2.45, 2.75) is 57.8 Å². The Morgan fingerprint density at radius 1 is 1.23 bits per heavy atom. The number of nitrogens with two attached hydrogens (primary N) is 1. The third kappa shape index (κ3) is 5.67. The average molecular weight is 372 g/mol. The topological polar surface area (TPSA) is 162 Å². The van der Waals surface area contributed by atoms with E-state index in [9.17, 15) is 29.4 Å². The highest BCUT2D eigenvalue weighted by Gasteiger charge is 2.38. The van der Waals surface area contributed by atoms with Gasteiger partial charge in [-0.05, 0) is 25.7 Å². The Kier molecular flexibility index (Phi) is 7.97. The van der Waals surface area contributed by atoms with Gasteiger partial charge < -0.3 is 31.5 Å². The lowest BCUT2D eigenvalue weighted by Crippen LogP contribution is -2.56. The number of carbonyl (C=O) groups is 4. The summed E-state index contributed by atoms with van der Waals surface area (Å²) in [7, 11) is 0. The number of rotatable bonds is 8. The predicted octanol–water partition coefficient (Wildman–Crippen LogP) is -1.97. The number of carboxylic acid groups (broad SMARTS) is 1. The molecule has 1 aliphatic rings. The Labute approximate surface area is 152 Å². The summed E-state index contributed by atoms with van der Waals surface area (Å²) in [5, 5.41) is 23.3. The van der Waals surface area contributed by atoms with Crippen LogP contribution in [-0.2, 0) is 19.2 Å². The van der Waals surface area contributed by atoms with Gasteiger partial charge in [-0.15, -0.1) is 0 Å². The first kappa shape index (κ1) is 21.8. The van der Waals surface area contributed by atoms with Crippen LogP contribution in [0.5, 0.6) is 0 Å². The third-order valence-electron chi connectivity index (χ3n) is 4.32. The lowest BCUT2D eigenvalue weighted by Gasteiger charge is -2.29. The number of amides is 3. The van der Waals surface area contributed by atoms with Gasteiger partial charge in [-0.1, -0.05) is 13.8 Å². The maximum absolute atomic E-state index is 12.7. The summed E-state index contributed by atoms with van der Waals surface area (Å²) in [6.45, 7) is 4.74. The first-order valence-electron chi connectivity index (χ1n) is 8.60. The van der Waals surface area contributed by atoms with Crippen LogP contribution in [0.25, 0.3) is 0 Å².